The molecule has 4 nitrogen and oxygen atoms in total. The topological polar surface area (TPSA) is 47.6 Å². The number of hydrogen-bond acceptors (Lipinski definition) is 3. The predicted molar refractivity (Wildman–Crippen MR) is 98.5 cm³/mol. The maximum Gasteiger partial charge on any atom is 0.255 e. The fourth-order valence-electron chi connectivity index (χ4n) is 3.51. The Balaban J connectivity index is 1.80. The fourth-order valence-corrected chi connectivity index (χ4v) is 3.51. The lowest BCUT2D eigenvalue weighted by Gasteiger charge is -2.11. The number of benzene rings is 2. The van der Waals surface area contributed by atoms with Crippen molar-refractivity contribution in [2.24, 2.45) is 5.41 Å². The quantitative estimate of drug-likeness (QED) is 0.898. The Kier molecular flexibility index (Phi) is 4.46. The summed E-state index contributed by atoms with van der Waals surface area (Å²) in [6.45, 7) is 6.45. The predicted octanol–water partition coefficient (Wildman–Crippen LogP) is 3.93. The Morgan fingerprint density at radius 3 is 2.32 bits per heavy atom. The molecule has 25 heavy (non-hydrogen) atoms. The van der Waals surface area contributed by atoms with Gasteiger partial charge in [-0.1, -0.05) is 43.7 Å². The van der Waals surface area contributed by atoms with E-state index in [1.54, 1.807) is 32.4 Å². The third-order valence-corrected chi connectivity index (χ3v) is 5.20. The second-order valence-corrected chi connectivity index (χ2v) is 7.23. The zero-order chi connectivity index (χ0) is 18.2. The third kappa shape index (κ3) is 3.21. The molecule has 3 rings (SSSR count). The van der Waals surface area contributed by atoms with Gasteiger partial charge in [-0.05, 0) is 36.1 Å². The SMILES string of the molecule is COc1ccc(OC)c(C(=O)N[C@H]2[C@H](c3ccc(C)cc3)C2(C)C)c1. The monoisotopic (exact) mass is 339 g/mol. The molecule has 0 aromatic heterocycles. The molecular formula is C21H25NO3. The smallest absolute Gasteiger partial charge is 0.255 e. The van der Waals surface area contributed by atoms with E-state index in [1.165, 1.54) is 11.1 Å². The number of methoxy groups -OCH3 is 2. The molecule has 0 bridgehead atoms. The van der Waals surface area contributed by atoms with Gasteiger partial charge in [0.25, 0.3) is 5.91 Å². The highest BCUT2D eigenvalue weighted by Gasteiger charge is 2.59. The van der Waals surface area contributed by atoms with E-state index < -0.39 is 0 Å². The van der Waals surface area contributed by atoms with Gasteiger partial charge in [0, 0.05) is 12.0 Å². The molecule has 1 aliphatic carbocycles. The number of amides is 1. The Morgan fingerprint density at radius 1 is 1.04 bits per heavy atom. The molecule has 2 aromatic rings. The van der Waals surface area contributed by atoms with Crippen LogP contribution in [0, 0.1) is 12.3 Å². The summed E-state index contributed by atoms with van der Waals surface area (Å²) in [7, 11) is 3.15. The first kappa shape index (κ1) is 17.3. The zero-order valence-electron chi connectivity index (χ0n) is 15.4. The minimum Gasteiger partial charge on any atom is -0.497 e. The molecule has 0 radical (unpaired) electrons. The minimum absolute atomic E-state index is 0.0248. The molecule has 1 amide bonds. The van der Waals surface area contributed by atoms with E-state index >= 15 is 0 Å². The van der Waals surface area contributed by atoms with E-state index in [0.717, 1.165) is 0 Å². The van der Waals surface area contributed by atoms with Crippen LogP contribution in [0.5, 0.6) is 11.5 Å². The lowest BCUT2D eigenvalue weighted by atomic mass is 10.0. The average molecular weight is 339 g/mol. The number of aryl methyl sites for hydroxylation is 1. The van der Waals surface area contributed by atoms with E-state index in [4.69, 9.17) is 9.47 Å². The molecule has 1 saturated carbocycles. The van der Waals surface area contributed by atoms with Crippen LogP contribution in [0.1, 0.15) is 41.3 Å². The van der Waals surface area contributed by atoms with Crippen LogP contribution in [-0.4, -0.2) is 26.2 Å². The average Bonchev–Trinajstić information content (AvgIpc) is 3.15. The summed E-state index contributed by atoms with van der Waals surface area (Å²) in [6, 6.07) is 13.9. The van der Waals surface area contributed by atoms with Crippen LogP contribution in [0.3, 0.4) is 0 Å². The van der Waals surface area contributed by atoms with Crippen molar-refractivity contribution in [3.63, 3.8) is 0 Å². The maximum atomic E-state index is 12.8. The Hall–Kier alpha value is -2.49. The zero-order valence-corrected chi connectivity index (χ0v) is 15.4. The summed E-state index contributed by atoms with van der Waals surface area (Å²) in [5.41, 5.74) is 3.02. The highest BCUT2D eigenvalue weighted by molar-refractivity contribution is 5.98. The van der Waals surface area contributed by atoms with Gasteiger partial charge in [0.2, 0.25) is 0 Å². The van der Waals surface area contributed by atoms with Crippen molar-refractivity contribution in [3.05, 3.63) is 59.2 Å². The van der Waals surface area contributed by atoms with Gasteiger partial charge in [0.1, 0.15) is 11.5 Å². The van der Waals surface area contributed by atoms with Crippen LogP contribution in [0.15, 0.2) is 42.5 Å². The van der Waals surface area contributed by atoms with Crippen molar-refractivity contribution in [3.8, 4) is 11.5 Å². The van der Waals surface area contributed by atoms with Gasteiger partial charge in [0.15, 0.2) is 0 Å². The highest BCUT2D eigenvalue weighted by atomic mass is 16.5. The summed E-state index contributed by atoms with van der Waals surface area (Å²) in [6.07, 6.45) is 0. The van der Waals surface area contributed by atoms with Crippen molar-refractivity contribution in [2.75, 3.05) is 14.2 Å². The molecule has 4 heteroatoms. The minimum atomic E-state index is -0.136. The summed E-state index contributed by atoms with van der Waals surface area (Å²) < 4.78 is 10.6. The number of carbonyl (C=O) groups excluding carboxylic acids is 1. The van der Waals surface area contributed by atoms with E-state index in [9.17, 15) is 4.79 Å². The van der Waals surface area contributed by atoms with Crippen LogP contribution in [0.25, 0.3) is 0 Å². The molecule has 0 heterocycles. The van der Waals surface area contributed by atoms with Gasteiger partial charge in [-0.3, -0.25) is 4.79 Å². The molecule has 1 N–H and O–H groups in total. The van der Waals surface area contributed by atoms with Crippen LogP contribution in [0.4, 0.5) is 0 Å². The molecule has 2 aromatic carbocycles. The molecule has 0 saturated heterocycles. The lowest BCUT2D eigenvalue weighted by molar-refractivity contribution is 0.0942. The number of ether oxygens (including phenoxy) is 2. The molecule has 0 spiro atoms. The Labute approximate surface area is 149 Å². The van der Waals surface area contributed by atoms with E-state index in [-0.39, 0.29) is 17.4 Å². The van der Waals surface area contributed by atoms with Gasteiger partial charge in [-0.2, -0.15) is 0 Å². The molecule has 1 fully saturated rings. The molecule has 132 valence electrons. The first-order chi connectivity index (χ1) is 11.9. The van der Waals surface area contributed by atoms with Crippen molar-refractivity contribution in [2.45, 2.75) is 32.7 Å². The Morgan fingerprint density at radius 2 is 1.72 bits per heavy atom. The second-order valence-electron chi connectivity index (χ2n) is 7.23. The van der Waals surface area contributed by atoms with Crippen molar-refractivity contribution >= 4 is 5.91 Å². The van der Waals surface area contributed by atoms with E-state index in [2.05, 4.69) is 50.4 Å². The lowest BCUT2D eigenvalue weighted by Crippen LogP contribution is -2.29. The van der Waals surface area contributed by atoms with Crippen LogP contribution in [-0.2, 0) is 0 Å². The largest absolute Gasteiger partial charge is 0.497 e. The molecular weight excluding hydrogens is 314 g/mol. The molecule has 1 aliphatic rings. The van der Waals surface area contributed by atoms with Crippen molar-refractivity contribution in [1.29, 1.82) is 0 Å². The number of nitrogens with one attached hydrogen (secondary N) is 1. The van der Waals surface area contributed by atoms with E-state index in [0.29, 0.717) is 23.0 Å². The van der Waals surface area contributed by atoms with E-state index in [1.807, 2.05) is 0 Å². The van der Waals surface area contributed by atoms with Crippen molar-refractivity contribution in [1.82, 2.24) is 5.32 Å². The van der Waals surface area contributed by atoms with Crippen molar-refractivity contribution < 1.29 is 14.3 Å². The first-order valence-electron chi connectivity index (χ1n) is 8.48. The Bertz CT molecular complexity index is 780. The summed E-state index contributed by atoms with van der Waals surface area (Å²) in [5, 5.41) is 3.18. The van der Waals surface area contributed by atoms with Gasteiger partial charge in [-0.25, -0.2) is 0 Å². The van der Waals surface area contributed by atoms with Crippen LogP contribution in [0.2, 0.25) is 0 Å². The number of rotatable bonds is 5. The second kappa shape index (κ2) is 6.43. The van der Waals surface area contributed by atoms with Crippen LogP contribution < -0.4 is 14.8 Å². The number of hydrogen-bond donors (Lipinski definition) is 1. The fraction of sp³-hybridized carbons (Fsp3) is 0.381. The van der Waals surface area contributed by atoms with Crippen LogP contribution >= 0.6 is 0 Å². The summed E-state index contributed by atoms with van der Waals surface area (Å²) in [4.78, 5) is 12.8. The summed E-state index contributed by atoms with van der Waals surface area (Å²) >= 11 is 0. The first-order valence-corrected chi connectivity index (χ1v) is 8.48. The molecule has 0 unspecified atom stereocenters. The molecule has 0 aliphatic heterocycles. The third-order valence-electron chi connectivity index (χ3n) is 5.20. The number of carbonyl (C=O) groups is 1. The van der Waals surface area contributed by atoms with Gasteiger partial charge in [-0.15, -0.1) is 0 Å². The standard InChI is InChI=1S/C21H25NO3/c1-13-6-8-14(9-7-13)18-19(21(18,2)3)22-20(23)16-12-15(24-4)10-11-17(16)25-5/h6-12,18-19H,1-5H3,(H,22,23)/t18-,19-/m0/s1. The summed E-state index contributed by atoms with van der Waals surface area (Å²) in [5.74, 6) is 1.36. The molecule has 2 atom stereocenters. The highest BCUT2D eigenvalue weighted by Crippen LogP contribution is 2.58. The van der Waals surface area contributed by atoms with Gasteiger partial charge in [0.05, 0.1) is 19.8 Å². The maximum absolute atomic E-state index is 12.8. The van der Waals surface area contributed by atoms with Gasteiger partial charge < -0.3 is 14.8 Å². The normalized spacial score (nSPS) is 20.7. The van der Waals surface area contributed by atoms with Gasteiger partial charge >= 0.3 is 0 Å².